The maximum Gasteiger partial charge on any atom is 0.0774 e. The molecule has 1 aromatic carbocycles. The van der Waals surface area contributed by atoms with E-state index < -0.39 is 5.60 Å². The van der Waals surface area contributed by atoms with Gasteiger partial charge in [-0.25, -0.2) is 0 Å². The van der Waals surface area contributed by atoms with Gasteiger partial charge in [-0.2, -0.15) is 0 Å². The molecule has 0 radical (unpaired) electrons. The summed E-state index contributed by atoms with van der Waals surface area (Å²) in [6, 6.07) is 10.7. The monoisotopic (exact) mass is 275 g/mol. The number of rotatable bonds is 7. The molecule has 112 valence electrons. The quantitative estimate of drug-likeness (QED) is 0.746. The number of hydrogen-bond donors (Lipinski definition) is 2. The standard InChI is InChI=1S/C18H29NO/c1-16-8-7-12-18(20,14-16)15-19-13-6-5-11-17-9-3-2-4-10-17/h2-4,9-10,16,19-20H,5-8,11-15H2,1H3. The zero-order valence-electron chi connectivity index (χ0n) is 12.8. The fraction of sp³-hybridized carbons (Fsp3) is 0.667. The first-order valence-electron chi connectivity index (χ1n) is 8.15. The molecule has 0 heterocycles. The SMILES string of the molecule is CC1CCCC(O)(CNCCCCc2ccccc2)C1. The fourth-order valence-electron chi connectivity index (χ4n) is 3.34. The molecule has 0 saturated heterocycles. The van der Waals surface area contributed by atoms with Crippen LogP contribution >= 0.6 is 0 Å². The van der Waals surface area contributed by atoms with Crippen molar-refractivity contribution < 1.29 is 5.11 Å². The molecule has 0 bridgehead atoms. The van der Waals surface area contributed by atoms with Gasteiger partial charge in [0.1, 0.15) is 0 Å². The van der Waals surface area contributed by atoms with Gasteiger partial charge in [-0.1, -0.05) is 50.1 Å². The van der Waals surface area contributed by atoms with Gasteiger partial charge in [-0.3, -0.25) is 0 Å². The van der Waals surface area contributed by atoms with E-state index in [2.05, 4.69) is 42.6 Å². The molecule has 1 saturated carbocycles. The average Bonchev–Trinajstić information content (AvgIpc) is 2.43. The first kappa shape index (κ1) is 15.5. The Morgan fingerprint density at radius 1 is 1.25 bits per heavy atom. The Labute approximate surface area is 123 Å². The summed E-state index contributed by atoms with van der Waals surface area (Å²) >= 11 is 0. The Balaban J connectivity index is 1.55. The molecule has 1 aliphatic carbocycles. The number of aliphatic hydroxyl groups is 1. The second-order valence-electron chi connectivity index (χ2n) is 6.55. The maximum atomic E-state index is 10.5. The van der Waals surface area contributed by atoms with Gasteiger partial charge in [0, 0.05) is 6.54 Å². The van der Waals surface area contributed by atoms with Crippen molar-refractivity contribution in [3.8, 4) is 0 Å². The summed E-state index contributed by atoms with van der Waals surface area (Å²) in [5.74, 6) is 0.675. The molecule has 0 spiro atoms. The van der Waals surface area contributed by atoms with Crippen molar-refractivity contribution >= 4 is 0 Å². The van der Waals surface area contributed by atoms with Crippen molar-refractivity contribution in [2.24, 2.45) is 5.92 Å². The Kier molecular flexibility index (Phi) is 6.06. The molecule has 2 rings (SSSR count). The summed E-state index contributed by atoms with van der Waals surface area (Å²) in [7, 11) is 0. The number of nitrogens with one attached hydrogen (secondary N) is 1. The molecule has 2 N–H and O–H groups in total. The molecule has 0 amide bonds. The van der Waals surface area contributed by atoms with Crippen molar-refractivity contribution in [1.29, 1.82) is 0 Å². The molecule has 1 fully saturated rings. The number of unbranched alkanes of at least 4 members (excludes halogenated alkanes) is 1. The van der Waals surface area contributed by atoms with Crippen LogP contribution in [0.2, 0.25) is 0 Å². The van der Waals surface area contributed by atoms with Crippen molar-refractivity contribution in [3.63, 3.8) is 0 Å². The Morgan fingerprint density at radius 2 is 2.05 bits per heavy atom. The molecule has 1 aliphatic rings. The van der Waals surface area contributed by atoms with Gasteiger partial charge < -0.3 is 10.4 Å². The number of benzene rings is 1. The first-order valence-corrected chi connectivity index (χ1v) is 8.15. The van der Waals surface area contributed by atoms with E-state index in [0.717, 1.165) is 32.4 Å². The van der Waals surface area contributed by atoms with E-state index in [1.165, 1.54) is 31.2 Å². The Morgan fingerprint density at radius 3 is 2.80 bits per heavy atom. The van der Waals surface area contributed by atoms with Gasteiger partial charge in [0.2, 0.25) is 0 Å². The summed E-state index contributed by atoms with van der Waals surface area (Å²) in [4.78, 5) is 0. The van der Waals surface area contributed by atoms with Crippen LogP contribution in [0.15, 0.2) is 30.3 Å². The van der Waals surface area contributed by atoms with E-state index in [-0.39, 0.29) is 0 Å². The molecular formula is C18H29NO. The highest BCUT2D eigenvalue weighted by Crippen LogP contribution is 2.31. The lowest BCUT2D eigenvalue weighted by atomic mass is 9.79. The highest BCUT2D eigenvalue weighted by molar-refractivity contribution is 5.14. The first-order chi connectivity index (χ1) is 9.68. The third-order valence-corrected chi connectivity index (χ3v) is 4.43. The fourth-order valence-corrected chi connectivity index (χ4v) is 3.34. The summed E-state index contributed by atoms with van der Waals surface area (Å²) in [6.45, 7) is 4.04. The normalized spacial score (nSPS) is 26.6. The zero-order chi connectivity index (χ0) is 14.3. The predicted molar refractivity (Wildman–Crippen MR) is 84.8 cm³/mol. The molecular weight excluding hydrogens is 246 g/mol. The van der Waals surface area contributed by atoms with Crippen LogP contribution in [0.4, 0.5) is 0 Å². The largest absolute Gasteiger partial charge is 0.389 e. The minimum Gasteiger partial charge on any atom is -0.389 e. The van der Waals surface area contributed by atoms with Crippen molar-refractivity contribution in [1.82, 2.24) is 5.32 Å². The average molecular weight is 275 g/mol. The summed E-state index contributed by atoms with van der Waals surface area (Å²) in [5.41, 5.74) is 0.976. The molecule has 2 heteroatoms. The smallest absolute Gasteiger partial charge is 0.0774 e. The van der Waals surface area contributed by atoms with Gasteiger partial charge in [-0.15, -0.1) is 0 Å². The lowest BCUT2D eigenvalue weighted by molar-refractivity contribution is -0.0115. The van der Waals surface area contributed by atoms with E-state index in [4.69, 9.17) is 0 Å². The summed E-state index contributed by atoms with van der Waals surface area (Å²) < 4.78 is 0. The third-order valence-electron chi connectivity index (χ3n) is 4.43. The predicted octanol–water partition coefficient (Wildman–Crippen LogP) is 3.54. The molecule has 0 aliphatic heterocycles. The zero-order valence-corrected chi connectivity index (χ0v) is 12.8. The summed E-state index contributed by atoms with van der Waals surface area (Å²) in [6.07, 6.45) is 7.93. The second kappa shape index (κ2) is 7.80. The van der Waals surface area contributed by atoms with E-state index in [9.17, 15) is 5.11 Å². The van der Waals surface area contributed by atoms with E-state index in [1.807, 2.05) is 0 Å². The van der Waals surface area contributed by atoms with Gasteiger partial charge in [0.15, 0.2) is 0 Å². The van der Waals surface area contributed by atoms with Gasteiger partial charge in [0.05, 0.1) is 5.60 Å². The Hall–Kier alpha value is -0.860. The van der Waals surface area contributed by atoms with Crippen molar-refractivity contribution in [2.45, 2.75) is 57.5 Å². The molecule has 0 aromatic heterocycles. The number of hydrogen-bond acceptors (Lipinski definition) is 2. The van der Waals surface area contributed by atoms with Crippen LogP contribution in [0.5, 0.6) is 0 Å². The maximum absolute atomic E-state index is 10.5. The van der Waals surface area contributed by atoms with Crippen LogP contribution in [0.25, 0.3) is 0 Å². The molecule has 2 nitrogen and oxygen atoms in total. The van der Waals surface area contributed by atoms with E-state index in [1.54, 1.807) is 0 Å². The highest BCUT2D eigenvalue weighted by Gasteiger charge is 2.31. The minimum absolute atomic E-state index is 0.447. The van der Waals surface area contributed by atoms with Crippen LogP contribution in [0.3, 0.4) is 0 Å². The molecule has 1 aromatic rings. The third kappa shape index (κ3) is 5.26. The second-order valence-corrected chi connectivity index (χ2v) is 6.55. The van der Waals surface area contributed by atoms with Crippen LogP contribution < -0.4 is 5.32 Å². The topological polar surface area (TPSA) is 32.3 Å². The number of aryl methyl sites for hydroxylation is 1. The Bertz CT molecular complexity index is 378. The van der Waals surface area contributed by atoms with Crippen molar-refractivity contribution in [2.75, 3.05) is 13.1 Å². The summed E-state index contributed by atoms with van der Waals surface area (Å²) in [5, 5.41) is 14.0. The van der Waals surface area contributed by atoms with Gasteiger partial charge in [-0.05, 0) is 50.1 Å². The van der Waals surface area contributed by atoms with E-state index in [0.29, 0.717) is 5.92 Å². The van der Waals surface area contributed by atoms with Crippen molar-refractivity contribution in [3.05, 3.63) is 35.9 Å². The molecule has 2 atom stereocenters. The molecule has 2 unspecified atom stereocenters. The highest BCUT2D eigenvalue weighted by atomic mass is 16.3. The van der Waals surface area contributed by atoms with Gasteiger partial charge in [0.25, 0.3) is 0 Å². The van der Waals surface area contributed by atoms with Crippen LogP contribution in [-0.4, -0.2) is 23.8 Å². The van der Waals surface area contributed by atoms with Crippen LogP contribution in [0.1, 0.15) is 51.0 Å². The van der Waals surface area contributed by atoms with Gasteiger partial charge >= 0.3 is 0 Å². The minimum atomic E-state index is -0.447. The van der Waals surface area contributed by atoms with E-state index >= 15 is 0 Å². The lowest BCUT2D eigenvalue weighted by Crippen LogP contribution is -2.44. The van der Waals surface area contributed by atoms with Crippen LogP contribution in [0, 0.1) is 5.92 Å². The van der Waals surface area contributed by atoms with Crippen LogP contribution in [-0.2, 0) is 6.42 Å². The lowest BCUT2D eigenvalue weighted by Gasteiger charge is -2.35. The molecule has 20 heavy (non-hydrogen) atoms.